The van der Waals surface area contributed by atoms with E-state index in [1.165, 1.54) is 44.6 Å². The van der Waals surface area contributed by atoms with Gasteiger partial charge in [-0.05, 0) is 61.7 Å². The summed E-state index contributed by atoms with van der Waals surface area (Å²) in [6, 6.07) is 30.7. The quantitative estimate of drug-likeness (QED) is 0.230. The molecule has 2 aliphatic rings. The number of allylic oxidation sites excluding steroid dienone is 1. The maximum atomic E-state index is 6.47. The zero-order chi connectivity index (χ0) is 26.2. The van der Waals surface area contributed by atoms with Crippen molar-refractivity contribution in [2.75, 3.05) is 9.80 Å². The minimum Gasteiger partial charge on any atom is -0.456 e. The van der Waals surface area contributed by atoms with Gasteiger partial charge in [0.2, 0.25) is 0 Å². The fourth-order valence-electron chi connectivity index (χ4n) is 7.70. The van der Waals surface area contributed by atoms with Gasteiger partial charge >= 0.3 is 0 Å². The average molecular weight is 499 g/mol. The molecule has 0 saturated carbocycles. The van der Waals surface area contributed by atoms with Gasteiger partial charge in [-0.15, -0.1) is 6.58 Å². The van der Waals surface area contributed by atoms with Crippen molar-refractivity contribution < 1.29 is 4.42 Å². The highest BCUT2D eigenvalue weighted by Gasteiger charge is 2.61. The number of hydrogen-bond acceptors (Lipinski definition) is 3. The fourth-order valence-corrected chi connectivity index (χ4v) is 7.70. The van der Waals surface area contributed by atoms with Crippen molar-refractivity contribution in [1.82, 2.24) is 0 Å². The highest BCUT2D eigenvalue weighted by molar-refractivity contribution is 6.07. The highest BCUT2D eigenvalue weighted by atomic mass is 16.3. The van der Waals surface area contributed by atoms with E-state index in [0.29, 0.717) is 0 Å². The molecule has 7 rings (SSSR count). The van der Waals surface area contributed by atoms with Gasteiger partial charge in [-0.25, -0.2) is 0 Å². The van der Waals surface area contributed by atoms with Crippen LogP contribution in [0.2, 0.25) is 0 Å². The van der Waals surface area contributed by atoms with E-state index in [1.54, 1.807) is 0 Å². The molecule has 190 valence electrons. The van der Waals surface area contributed by atoms with Gasteiger partial charge in [0.15, 0.2) is 0 Å². The Hall–Kier alpha value is -3.98. The van der Waals surface area contributed by atoms with Crippen LogP contribution in [-0.2, 0) is 5.41 Å². The number of furan rings is 1. The third kappa shape index (κ3) is 2.64. The molecule has 0 amide bonds. The summed E-state index contributed by atoms with van der Waals surface area (Å²) in [5, 5.41) is 2.34. The number of fused-ring (bicyclic) bond motifs is 8. The first kappa shape index (κ1) is 23.2. The molecule has 0 saturated heterocycles. The van der Waals surface area contributed by atoms with Crippen molar-refractivity contribution in [3.63, 3.8) is 0 Å². The minimum absolute atomic E-state index is 0.0817. The fraction of sp³-hybridized carbons (Fsp3) is 0.257. The summed E-state index contributed by atoms with van der Waals surface area (Å²) in [5.74, 6) is 0. The average Bonchev–Trinajstić information content (AvgIpc) is 3.51. The lowest BCUT2D eigenvalue weighted by Crippen LogP contribution is -2.62. The number of rotatable bonds is 4. The molecule has 0 aliphatic carbocycles. The Morgan fingerprint density at radius 3 is 2.08 bits per heavy atom. The van der Waals surface area contributed by atoms with E-state index in [2.05, 4.69) is 129 Å². The lowest BCUT2D eigenvalue weighted by Gasteiger charge is -2.59. The zero-order valence-electron chi connectivity index (χ0n) is 22.7. The van der Waals surface area contributed by atoms with Crippen LogP contribution in [0.1, 0.15) is 44.7 Å². The van der Waals surface area contributed by atoms with Gasteiger partial charge in [-0.3, -0.25) is 0 Å². The Morgan fingerprint density at radius 1 is 0.763 bits per heavy atom. The van der Waals surface area contributed by atoms with Crippen molar-refractivity contribution in [1.29, 1.82) is 0 Å². The lowest BCUT2D eigenvalue weighted by molar-refractivity contribution is 0.120. The summed E-state index contributed by atoms with van der Waals surface area (Å²) in [7, 11) is 0. The van der Waals surface area contributed by atoms with Crippen LogP contribution in [0.4, 0.5) is 22.7 Å². The second-order valence-corrected chi connectivity index (χ2v) is 11.1. The Balaban J connectivity index is 1.56. The molecule has 0 N–H and O–H groups in total. The molecule has 4 aromatic carbocycles. The summed E-state index contributed by atoms with van der Waals surface area (Å²) in [5.41, 5.74) is 9.14. The van der Waals surface area contributed by atoms with Crippen LogP contribution >= 0.6 is 0 Å². The van der Waals surface area contributed by atoms with Gasteiger partial charge in [0, 0.05) is 38.5 Å². The van der Waals surface area contributed by atoms with Gasteiger partial charge < -0.3 is 14.2 Å². The molecule has 0 radical (unpaired) electrons. The summed E-state index contributed by atoms with van der Waals surface area (Å²) in [6.07, 6.45) is 4.33. The number of hydrogen-bond donors (Lipinski definition) is 0. The van der Waals surface area contributed by atoms with E-state index in [4.69, 9.17) is 4.42 Å². The second kappa shape index (κ2) is 8.01. The molecule has 3 heteroatoms. The first-order valence-corrected chi connectivity index (χ1v) is 13.8. The number of benzene rings is 4. The van der Waals surface area contributed by atoms with E-state index in [1.807, 2.05) is 6.07 Å². The second-order valence-electron chi connectivity index (χ2n) is 11.1. The maximum absolute atomic E-state index is 6.47. The van der Waals surface area contributed by atoms with Crippen molar-refractivity contribution in [3.8, 4) is 0 Å². The normalized spacial score (nSPS) is 23.9. The molecule has 0 bridgehead atoms. The molecule has 3 unspecified atom stereocenters. The van der Waals surface area contributed by atoms with Crippen LogP contribution < -0.4 is 9.80 Å². The topological polar surface area (TPSA) is 19.6 Å². The summed E-state index contributed by atoms with van der Waals surface area (Å²) in [6.45, 7) is 13.8. The number of para-hydroxylation sites is 4. The number of nitrogens with zero attached hydrogens (tertiary/aromatic N) is 2. The molecule has 38 heavy (non-hydrogen) atoms. The van der Waals surface area contributed by atoms with E-state index in [0.717, 1.165) is 24.0 Å². The zero-order valence-corrected chi connectivity index (χ0v) is 22.7. The molecule has 0 spiro atoms. The Kier molecular flexibility index (Phi) is 4.88. The summed E-state index contributed by atoms with van der Waals surface area (Å²) < 4.78 is 6.47. The highest BCUT2D eigenvalue weighted by Crippen LogP contribution is 2.65. The van der Waals surface area contributed by atoms with Crippen LogP contribution in [-0.4, -0.2) is 6.17 Å². The van der Waals surface area contributed by atoms with Crippen molar-refractivity contribution in [2.24, 2.45) is 5.41 Å². The van der Waals surface area contributed by atoms with Gasteiger partial charge in [-0.2, -0.15) is 0 Å². The molecule has 3 heterocycles. The standard InChI is InChI=1S/C35H34N2O/c1-6-34(5)33-36(27-22-21-25-24-15-9-14-20-31(24)38-32(25)23(27)4)29-18-12-13-19-30(29)37(33)28-17-11-10-16-26(28)35(34,7-2)8-3/h7,9-22,33H,2,6,8H2,1,3-5H3. The Morgan fingerprint density at radius 2 is 1.39 bits per heavy atom. The molecule has 0 fully saturated rings. The van der Waals surface area contributed by atoms with Gasteiger partial charge in [0.1, 0.15) is 17.3 Å². The van der Waals surface area contributed by atoms with Crippen molar-refractivity contribution in [2.45, 2.75) is 52.1 Å². The Bertz CT molecular complexity index is 1730. The van der Waals surface area contributed by atoms with Crippen LogP contribution in [0.3, 0.4) is 0 Å². The number of aryl methyl sites for hydroxylation is 1. The molecule has 2 aliphatic heterocycles. The van der Waals surface area contributed by atoms with Gasteiger partial charge in [0.25, 0.3) is 0 Å². The summed E-state index contributed by atoms with van der Waals surface area (Å²) in [4.78, 5) is 5.18. The van der Waals surface area contributed by atoms with Crippen LogP contribution in [0.15, 0.2) is 102 Å². The van der Waals surface area contributed by atoms with E-state index in [9.17, 15) is 0 Å². The SMILES string of the molecule is C=CC1(CC)c2ccccc2N2c3ccccc3N(c3ccc4c(oc5ccccc54)c3C)C2C1(C)CC. The van der Waals surface area contributed by atoms with Crippen molar-refractivity contribution in [3.05, 3.63) is 109 Å². The van der Waals surface area contributed by atoms with E-state index in [-0.39, 0.29) is 17.0 Å². The third-order valence-corrected chi connectivity index (χ3v) is 9.79. The van der Waals surface area contributed by atoms with E-state index < -0.39 is 0 Å². The monoisotopic (exact) mass is 498 g/mol. The maximum Gasteiger partial charge on any atom is 0.140 e. The van der Waals surface area contributed by atoms with Crippen LogP contribution in [0.5, 0.6) is 0 Å². The predicted molar refractivity (Wildman–Crippen MR) is 160 cm³/mol. The summed E-state index contributed by atoms with van der Waals surface area (Å²) >= 11 is 0. The van der Waals surface area contributed by atoms with Crippen LogP contribution in [0.25, 0.3) is 21.9 Å². The molecule has 5 aromatic rings. The largest absolute Gasteiger partial charge is 0.456 e. The first-order chi connectivity index (χ1) is 18.5. The van der Waals surface area contributed by atoms with Gasteiger partial charge in [-0.1, -0.05) is 75.4 Å². The minimum atomic E-state index is -0.169. The lowest BCUT2D eigenvalue weighted by atomic mass is 9.54. The van der Waals surface area contributed by atoms with Crippen LogP contribution in [0, 0.1) is 12.3 Å². The number of anilines is 4. The first-order valence-electron chi connectivity index (χ1n) is 13.8. The molecular formula is C35H34N2O. The van der Waals surface area contributed by atoms with Crippen molar-refractivity contribution >= 4 is 44.7 Å². The smallest absolute Gasteiger partial charge is 0.140 e. The Labute approximate surface area is 225 Å². The van der Waals surface area contributed by atoms with E-state index >= 15 is 0 Å². The third-order valence-electron chi connectivity index (χ3n) is 9.79. The molecule has 3 atom stereocenters. The predicted octanol–water partition coefficient (Wildman–Crippen LogP) is 9.77. The molecule has 1 aromatic heterocycles. The molecular weight excluding hydrogens is 464 g/mol. The van der Waals surface area contributed by atoms with Gasteiger partial charge in [0.05, 0.1) is 11.4 Å². The molecule has 3 nitrogen and oxygen atoms in total.